The molecule has 1 aromatic carbocycles. The fourth-order valence-corrected chi connectivity index (χ4v) is 3.57. The van der Waals surface area contributed by atoms with Crippen molar-refractivity contribution in [2.45, 2.75) is 24.9 Å². The number of urea groups is 2. The number of benzene rings is 1. The number of fused-ring (bicyclic) bond motifs is 1. The van der Waals surface area contributed by atoms with Crippen molar-refractivity contribution >= 4 is 12.1 Å². The minimum absolute atomic E-state index is 0.0186. The molecule has 4 rings (SSSR count). The lowest BCUT2D eigenvalue weighted by Crippen LogP contribution is -2.63. The highest BCUT2D eigenvalue weighted by Crippen LogP contribution is 2.31. The molecule has 0 spiro atoms. The van der Waals surface area contributed by atoms with Gasteiger partial charge in [0.25, 0.3) is 0 Å². The monoisotopic (exact) mass is 330 g/mol. The highest BCUT2D eigenvalue weighted by atomic mass is 16.5. The summed E-state index contributed by atoms with van der Waals surface area (Å²) in [6.07, 6.45) is 1.78. The quantitative estimate of drug-likeness (QED) is 0.859. The third-order valence-electron chi connectivity index (χ3n) is 4.97. The van der Waals surface area contributed by atoms with E-state index in [4.69, 9.17) is 4.74 Å². The predicted octanol–water partition coefficient (Wildman–Crippen LogP) is 1.32. The van der Waals surface area contributed by atoms with Crippen molar-refractivity contribution in [2.75, 3.05) is 32.8 Å². The molecule has 4 amide bonds. The third kappa shape index (κ3) is 2.74. The molecule has 0 saturated carbocycles. The number of hydrogen-bond donors (Lipinski definition) is 2. The van der Waals surface area contributed by atoms with Crippen molar-refractivity contribution in [3.8, 4) is 5.75 Å². The first-order valence-corrected chi connectivity index (χ1v) is 8.54. The molecular weight excluding hydrogens is 308 g/mol. The molecule has 7 heteroatoms. The van der Waals surface area contributed by atoms with Gasteiger partial charge in [-0.25, -0.2) is 9.59 Å². The molecule has 0 radical (unpaired) electrons. The Morgan fingerprint density at radius 1 is 1.29 bits per heavy atom. The number of carbonyl (C=O) groups excluding carboxylic acids is 2. The van der Waals surface area contributed by atoms with E-state index in [1.807, 2.05) is 29.2 Å². The van der Waals surface area contributed by atoms with Gasteiger partial charge in [0.05, 0.1) is 18.7 Å². The van der Waals surface area contributed by atoms with Crippen LogP contribution in [0.3, 0.4) is 0 Å². The molecule has 1 atom stereocenters. The third-order valence-corrected chi connectivity index (χ3v) is 4.97. The number of nitrogens with zero attached hydrogens (tertiary/aromatic N) is 2. The van der Waals surface area contributed by atoms with Gasteiger partial charge in [-0.15, -0.1) is 0 Å². The summed E-state index contributed by atoms with van der Waals surface area (Å²) >= 11 is 0. The van der Waals surface area contributed by atoms with E-state index in [0.717, 1.165) is 30.7 Å². The van der Waals surface area contributed by atoms with Crippen LogP contribution >= 0.6 is 0 Å². The largest absolute Gasteiger partial charge is 0.493 e. The maximum atomic E-state index is 12.5. The van der Waals surface area contributed by atoms with Crippen LogP contribution in [0.15, 0.2) is 24.3 Å². The van der Waals surface area contributed by atoms with E-state index in [0.29, 0.717) is 26.2 Å². The zero-order valence-corrected chi connectivity index (χ0v) is 13.5. The number of ether oxygens (including phenoxy) is 1. The van der Waals surface area contributed by atoms with Gasteiger partial charge in [0, 0.05) is 31.7 Å². The molecule has 2 fully saturated rings. The number of para-hydroxylation sites is 1. The summed E-state index contributed by atoms with van der Waals surface area (Å²) < 4.78 is 5.74. The second-order valence-corrected chi connectivity index (χ2v) is 6.51. The van der Waals surface area contributed by atoms with Crippen molar-refractivity contribution in [1.29, 1.82) is 0 Å². The molecule has 1 aromatic rings. The van der Waals surface area contributed by atoms with Gasteiger partial charge in [0.15, 0.2) is 0 Å². The SMILES string of the molecule is O=C(NC1CCCOc2ccccc21)N1CC(N2CCNC2=O)C1. The van der Waals surface area contributed by atoms with Crippen LogP contribution in [0.4, 0.5) is 9.59 Å². The van der Waals surface area contributed by atoms with E-state index in [2.05, 4.69) is 10.6 Å². The Morgan fingerprint density at radius 2 is 2.12 bits per heavy atom. The van der Waals surface area contributed by atoms with Gasteiger partial charge < -0.3 is 25.2 Å². The number of likely N-dealkylation sites (tertiary alicyclic amines) is 1. The van der Waals surface area contributed by atoms with Gasteiger partial charge in [-0.3, -0.25) is 0 Å². The van der Waals surface area contributed by atoms with Crippen LogP contribution < -0.4 is 15.4 Å². The predicted molar refractivity (Wildman–Crippen MR) is 87.9 cm³/mol. The van der Waals surface area contributed by atoms with Crippen molar-refractivity contribution in [2.24, 2.45) is 0 Å². The normalized spacial score (nSPS) is 23.7. The Kier molecular flexibility index (Phi) is 3.92. The van der Waals surface area contributed by atoms with E-state index in [-0.39, 0.29) is 24.1 Å². The molecule has 3 heterocycles. The number of nitrogens with one attached hydrogen (secondary N) is 2. The molecular formula is C17H22N4O3. The molecule has 0 aliphatic carbocycles. The number of carbonyl (C=O) groups is 2. The first-order valence-electron chi connectivity index (χ1n) is 8.54. The lowest BCUT2D eigenvalue weighted by molar-refractivity contribution is 0.0843. The Morgan fingerprint density at radius 3 is 2.92 bits per heavy atom. The molecule has 7 nitrogen and oxygen atoms in total. The van der Waals surface area contributed by atoms with Crippen LogP contribution in [0.2, 0.25) is 0 Å². The van der Waals surface area contributed by atoms with Crippen LogP contribution in [0.25, 0.3) is 0 Å². The molecule has 128 valence electrons. The van der Waals surface area contributed by atoms with Gasteiger partial charge >= 0.3 is 12.1 Å². The summed E-state index contributed by atoms with van der Waals surface area (Å²) in [7, 11) is 0. The highest BCUT2D eigenvalue weighted by molar-refractivity contribution is 5.79. The van der Waals surface area contributed by atoms with E-state index >= 15 is 0 Å². The average molecular weight is 330 g/mol. The van der Waals surface area contributed by atoms with Gasteiger partial charge in [-0.05, 0) is 18.9 Å². The topological polar surface area (TPSA) is 73.9 Å². The van der Waals surface area contributed by atoms with Crippen molar-refractivity contribution < 1.29 is 14.3 Å². The number of rotatable bonds is 2. The summed E-state index contributed by atoms with van der Waals surface area (Å²) in [5.74, 6) is 0.857. The maximum absolute atomic E-state index is 12.5. The molecule has 0 bridgehead atoms. The molecule has 1 unspecified atom stereocenters. The average Bonchev–Trinajstić information content (AvgIpc) is 2.84. The summed E-state index contributed by atoms with van der Waals surface area (Å²) in [5, 5.41) is 5.93. The van der Waals surface area contributed by atoms with Crippen LogP contribution in [0, 0.1) is 0 Å². The van der Waals surface area contributed by atoms with E-state index in [1.165, 1.54) is 0 Å². The lowest BCUT2D eigenvalue weighted by Gasteiger charge is -2.43. The zero-order valence-electron chi connectivity index (χ0n) is 13.5. The van der Waals surface area contributed by atoms with E-state index < -0.39 is 0 Å². The fraction of sp³-hybridized carbons (Fsp3) is 0.529. The zero-order chi connectivity index (χ0) is 16.5. The molecule has 3 aliphatic rings. The maximum Gasteiger partial charge on any atom is 0.318 e. The van der Waals surface area contributed by atoms with Gasteiger partial charge in [-0.1, -0.05) is 18.2 Å². The first kappa shape index (κ1) is 15.1. The molecule has 2 saturated heterocycles. The van der Waals surface area contributed by atoms with Crippen molar-refractivity contribution in [3.63, 3.8) is 0 Å². The molecule has 3 aliphatic heterocycles. The summed E-state index contributed by atoms with van der Waals surface area (Å²) in [5.41, 5.74) is 1.04. The Balaban J connectivity index is 1.36. The van der Waals surface area contributed by atoms with Gasteiger partial charge in [-0.2, -0.15) is 0 Å². The Labute approximate surface area is 140 Å². The number of hydrogen-bond acceptors (Lipinski definition) is 3. The summed E-state index contributed by atoms with van der Waals surface area (Å²) in [4.78, 5) is 27.8. The Bertz CT molecular complexity index is 644. The fourth-order valence-electron chi connectivity index (χ4n) is 3.57. The minimum atomic E-state index is -0.0624. The highest BCUT2D eigenvalue weighted by Gasteiger charge is 2.39. The van der Waals surface area contributed by atoms with E-state index in [1.54, 1.807) is 4.90 Å². The van der Waals surface area contributed by atoms with Crippen molar-refractivity contribution in [1.82, 2.24) is 20.4 Å². The molecule has 2 N–H and O–H groups in total. The second kappa shape index (κ2) is 6.22. The lowest BCUT2D eigenvalue weighted by atomic mass is 10.0. The molecule has 24 heavy (non-hydrogen) atoms. The Hall–Kier alpha value is -2.44. The van der Waals surface area contributed by atoms with E-state index in [9.17, 15) is 9.59 Å². The smallest absolute Gasteiger partial charge is 0.318 e. The van der Waals surface area contributed by atoms with Gasteiger partial charge in [0.2, 0.25) is 0 Å². The first-order chi connectivity index (χ1) is 11.7. The van der Waals surface area contributed by atoms with Crippen LogP contribution in [-0.4, -0.2) is 60.7 Å². The minimum Gasteiger partial charge on any atom is -0.493 e. The number of amides is 4. The molecule has 0 aromatic heterocycles. The van der Waals surface area contributed by atoms with Gasteiger partial charge in [0.1, 0.15) is 5.75 Å². The summed E-state index contributed by atoms with van der Waals surface area (Å²) in [6, 6.07) is 7.92. The summed E-state index contributed by atoms with van der Waals surface area (Å²) in [6.45, 7) is 3.31. The standard InChI is InChI=1S/C17H22N4O3/c22-16-18-7-8-21(16)12-10-20(11-12)17(23)19-14-5-3-9-24-15-6-2-1-4-13(14)15/h1-2,4,6,12,14H,3,5,7-11H2,(H,18,22)(H,19,23). The second-order valence-electron chi connectivity index (χ2n) is 6.51. The van der Waals surface area contributed by atoms with Crippen molar-refractivity contribution in [3.05, 3.63) is 29.8 Å². The van der Waals surface area contributed by atoms with Crippen LogP contribution in [0.1, 0.15) is 24.4 Å². The van der Waals surface area contributed by atoms with Crippen LogP contribution in [0.5, 0.6) is 5.75 Å². The van der Waals surface area contributed by atoms with Crippen LogP contribution in [-0.2, 0) is 0 Å².